The van der Waals surface area contributed by atoms with E-state index in [0.29, 0.717) is 39.6 Å². The maximum Gasteiger partial charge on any atom is 0.189 e. The molecule has 0 radical (unpaired) electrons. The van der Waals surface area contributed by atoms with Gasteiger partial charge in [0.15, 0.2) is 16.8 Å². The number of nitrogens with zero attached hydrogens (tertiary/aromatic N) is 3. The molecule has 9 heteroatoms. The van der Waals surface area contributed by atoms with Crippen molar-refractivity contribution in [3.63, 3.8) is 0 Å². The molecular formula is C19H18N6O2S. The van der Waals surface area contributed by atoms with Gasteiger partial charge in [-0.1, -0.05) is 23.5 Å². The Morgan fingerprint density at radius 3 is 2.50 bits per heavy atom. The third-order valence-corrected chi connectivity index (χ3v) is 5.01. The van der Waals surface area contributed by atoms with Gasteiger partial charge < -0.3 is 25.8 Å². The summed E-state index contributed by atoms with van der Waals surface area (Å²) in [6, 6.07) is 13.3. The molecule has 0 saturated heterocycles. The van der Waals surface area contributed by atoms with Crippen LogP contribution in [0.5, 0.6) is 11.5 Å². The van der Waals surface area contributed by atoms with E-state index >= 15 is 0 Å². The zero-order valence-corrected chi connectivity index (χ0v) is 16.1. The fourth-order valence-corrected chi connectivity index (χ4v) is 3.53. The summed E-state index contributed by atoms with van der Waals surface area (Å²) >= 11 is 1.53. The highest BCUT2D eigenvalue weighted by atomic mass is 32.1. The van der Waals surface area contributed by atoms with Crippen LogP contribution in [-0.2, 0) is 0 Å². The van der Waals surface area contributed by atoms with E-state index in [9.17, 15) is 0 Å². The Balaban J connectivity index is 1.63. The SMILES string of the molecule is COc1ccc(OC)c(Nc2ncnc(Nc3nc4ccccc4s3)c2N)c1. The van der Waals surface area contributed by atoms with E-state index in [1.54, 1.807) is 26.4 Å². The van der Waals surface area contributed by atoms with Crippen LogP contribution in [0.15, 0.2) is 48.8 Å². The van der Waals surface area contributed by atoms with Crippen molar-refractivity contribution in [2.24, 2.45) is 0 Å². The molecule has 4 aromatic rings. The van der Waals surface area contributed by atoms with Crippen molar-refractivity contribution in [3.8, 4) is 11.5 Å². The summed E-state index contributed by atoms with van der Waals surface area (Å²) in [7, 11) is 3.20. The molecule has 0 spiro atoms. The van der Waals surface area contributed by atoms with E-state index in [0.717, 1.165) is 10.2 Å². The van der Waals surface area contributed by atoms with Gasteiger partial charge in [0, 0.05) is 6.07 Å². The standard InChI is InChI=1S/C19H18N6O2S/c1-26-11-7-8-14(27-2)13(9-11)23-17-16(20)18(22-10-21-17)25-19-24-12-5-3-4-6-15(12)28-19/h3-10H,20H2,1-2H3,(H2,21,22,23,24,25). The highest BCUT2D eigenvalue weighted by Gasteiger charge is 2.13. The van der Waals surface area contributed by atoms with Crippen LogP contribution in [0.4, 0.5) is 28.1 Å². The number of para-hydroxylation sites is 1. The number of anilines is 5. The summed E-state index contributed by atoms with van der Waals surface area (Å²) in [5.74, 6) is 2.24. The van der Waals surface area contributed by atoms with E-state index in [-0.39, 0.29) is 0 Å². The molecule has 0 fully saturated rings. The van der Waals surface area contributed by atoms with Gasteiger partial charge in [0.1, 0.15) is 23.5 Å². The van der Waals surface area contributed by atoms with Gasteiger partial charge in [-0.05, 0) is 24.3 Å². The van der Waals surface area contributed by atoms with Crippen molar-refractivity contribution in [2.75, 3.05) is 30.6 Å². The first-order chi connectivity index (χ1) is 13.7. The van der Waals surface area contributed by atoms with Crippen molar-refractivity contribution in [3.05, 3.63) is 48.8 Å². The quantitative estimate of drug-likeness (QED) is 0.447. The molecule has 0 saturated carbocycles. The number of ether oxygens (including phenoxy) is 2. The Bertz CT molecular complexity index is 1100. The number of thiazole rings is 1. The number of hydrogen-bond donors (Lipinski definition) is 3. The largest absolute Gasteiger partial charge is 0.497 e. The summed E-state index contributed by atoms with van der Waals surface area (Å²) in [5.41, 5.74) is 8.25. The lowest BCUT2D eigenvalue weighted by Crippen LogP contribution is -2.05. The average molecular weight is 394 g/mol. The molecule has 0 atom stereocenters. The second-order valence-electron chi connectivity index (χ2n) is 5.79. The molecule has 4 rings (SSSR count). The van der Waals surface area contributed by atoms with E-state index < -0.39 is 0 Å². The number of methoxy groups -OCH3 is 2. The molecular weight excluding hydrogens is 376 g/mol. The number of nitrogens with two attached hydrogens (primary N) is 1. The first-order valence-electron chi connectivity index (χ1n) is 8.40. The molecule has 28 heavy (non-hydrogen) atoms. The maximum absolute atomic E-state index is 6.29. The van der Waals surface area contributed by atoms with Gasteiger partial charge in [0.2, 0.25) is 0 Å². The van der Waals surface area contributed by atoms with Gasteiger partial charge in [-0.3, -0.25) is 0 Å². The van der Waals surface area contributed by atoms with Crippen molar-refractivity contribution in [2.45, 2.75) is 0 Å². The molecule has 0 aliphatic carbocycles. The molecule has 4 N–H and O–H groups in total. The van der Waals surface area contributed by atoms with Gasteiger partial charge in [-0.25, -0.2) is 15.0 Å². The topological polar surface area (TPSA) is 107 Å². The van der Waals surface area contributed by atoms with Gasteiger partial charge in [0.25, 0.3) is 0 Å². The Kier molecular flexibility index (Phi) is 4.81. The minimum atomic E-state index is 0.367. The lowest BCUT2D eigenvalue weighted by molar-refractivity contribution is 0.405. The molecule has 8 nitrogen and oxygen atoms in total. The zero-order chi connectivity index (χ0) is 19.5. The highest BCUT2D eigenvalue weighted by Crippen LogP contribution is 2.35. The average Bonchev–Trinajstić information content (AvgIpc) is 3.13. The zero-order valence-electron chi connectivity index (χ0n) is 15.3. The lowest BCUT2D eigenvalue weighted by atomic mass is 10.2. The number of fused-ring (bicyclic) bond motifs is 1. The lowest BCUT2D eigenvalue weighted by Gasteiger charge is -2.14. The van der Waals surface area contributed by atoms with Crippen LogP contribution in [0.3, 0.4) is 0 Å². The molecule has 0 bridgehead atoms. The Morgan fingerprint density at radius 1 is 0.964 bits per heavy atom. The molecule has 0 aliphatic rings. The maximum atomic E-state index is 6.29. The normalized spacial score (nSPS) is 10.6. The van der Waals surface area contributed by atoms with Crippen LogP contribution in [0.2, 0.25) is 0 Å². The molecule has 2 aromatic carbocycles. The van der Waals surface area contributed by atoms with Crippen LogP contribution in [0, 0.1) is 0 Å². The van der Waals surface area contributed by atoms with E-state index in [4.69, 9.17) is 15.2 Å². The van der Waals surface area contributed by atoms with Crippen LogP contribution >= 0.6 is 11.3 Å². The summed E-state index contributed by atoms with van der Waals surface area (Å²) in [4.78, 5) is 13.0. The third-order valence-electron chi connectivity index (χ3n) is 4.06. The van der Waals surface area contributed by atoms with E-state index in [2.05, 4.69) is 25.6 Å². The second-order valence-corrected chi connectivity index (χ2v) is 6.82. The van der Waals surface area contributed by atoms with Gasteiger partial charge in [0.05, 0.1) is 30.1 Å². The van der Waals surface area contributed by atoms with Crippen molar-refractivity contribution >= 4 is 49.7 Å². The molecule has 0 unspecified atom stereocenters. The van der Waals surface area contributed by atoms with Crippen LogP contribution in [0.25, 0.3) is 10.2 Å². The fraction of sp³-hybridized carbons (Fsp3) is 0.105. The first-order valence-corrected chi connectivity index (χ1v) is 9.21. The predicted octanol–water partition coefficient (Wildman–Crippen LogP) is 4.17. The third kappa shape index (κ3) is 3.47. The van der Waals surface area contributed by atoms with Crippen LogP contribution in [0.1, 0.15) is 0 Å². The molecule has 142 valence electrons. The molecule has 0 amide bonds. The van der Waals surface area contributed by atoms with Gasteiger partial charge >= 0.3 is 0 Å². The number of nitrogen functional groups attached to an aromatic ring is 1. The van der Waals surface area contributed by atoms with Crippen molar-refractivity contribution in [1.29, 1.82) is 0 Å². The first kappa shape index (κ1) is 17.8. The summed E-state index contributed by atoms with van der Waals surface area (Å²) in [6.07, 6.45) is 1.43. The van der Waals surface area contributed by atoms with Crippen LogP contribution in [-0.4, -0.2) is 29.2 Å². The van der Waals surface area contributed by atoms with Crippen molar-refractivity contribution < 1.29 is 9.47 Å². The number of hydrogen-bond acceptors (Lipinski definition) is 9. The number of nitrogens with one attached hydrogen (secondary N) is 2. The molecule has 2 heterocycles. The minimum absolute atomic E-state index is 0.367. The Morgan fingerprint density at radius 2 is 1.75 bits per heavy atom. The molecule has 0 aliphatic heterocycles. The summed E-state index contributed by atoms with van der Waals surface area (Å²) in [6.45, 7) is 0. The smallest absolute Gasteiger partial charge is 0.189 e. The summed E-state index contributed by atoms with van der Waals surface area (Å²) < 4.78 is 11.7. The Labute approximate surface area is 165 Å². The monoisotopic (exact) mass is 394 g/mol. The van der Waals surface area contributed by atoms with Crippen molar-refractivity contribution in [1.82, 2.24) is 15.0 Å². The number of rotatable bonds is 6. The summed E-state index contributed by atoms with van der Waals surface area (Å²) in [5, 5.41) is 7.06. The number of benzene rings is 2. The van der Waals surface area contributed by atoms with E-state index in [1.807, 2.05) is 30.3 Å². The highest BCUT2D eigenvalue weighted by molar-refractivity contribution is 7.22. The van der Waals surface area contributed by atoms with Crippen LogP contribution < -0.4 is 25.8 Å². The second kappa shape index (κ2) is 7.57. The Hall–Kier alpha value is -3.59. The molecule has 2 aromatic heterocycles. The van der Waals surface area contributed by atoms with E-state index in [1.165, 1.54) is 17.7 Å². The number of aromatic nitrogens is 3. The minimum Gasteiger partial charge on any atom is -0.497 e. The predicted molar refractivity (Wildman–Crippen MR) is 112 cm³/mol. The van der Waals surface area contributed by atoms with Gasteiger partial charge in [-0.2, -0.15) is 0 Å². The fourth-order valence-electron chi connectivity index (χ4n) is 2.66. The van der Waals surface area contributed by atoms with Gasteiger partial charge in [-0.15, -0.1) is 0 Å².